The van der Waals surface area contributed by atoms with Gasteiger partial charge in [0.1, 0.15) is 5.75 Å². The molecule has 134 valence electrons. The molecule has 5 heteroatoms. The highest BCUT2D eigenvalue weighted by atomic mass is 16.3. The third-order valence-corrected chi connectivity index (χ3v) is 6.10. The standard InChI is InChI=1S/C20H26N2O3/c1-14-4-2-5-16(18(14)24)19(25)21-11-3-9-20(12-21)10-8-17(23)22(13-20)15-6-7-15/h2,4-5,15,24H,3,6-13H2,1H3/t20-/m1/s1. The molecule has 0 bridgehead atoms. The monoisotopic (exact) mass is 342 g/mol. The van der Waals surface area contributed by atoms with E-state index in [2.05, 4.69) is 4.90 Å². The van der Waals surface area contributed by atoms with E-state index < -0.39 is 0 Å². The lowest BCUT2D eigenvalue weighted by molar-refractivity contribution is -0.139. The van der Waals surface area contributed by atoms with Gasteiger partial charge in [-0.2, -0.15) is 0 Å². The SMILES string of the molecule is Cc1cccc(C(=O)N2CCC[C@@]3(CCC(=O)N(C4CC4)C3)C2)c1O. The summed E-state index contributed by atoms with van der Waals surface area (Å²) in [5.74, 6) is 0.286. The molecule has 1 aromatic rings. The number of phenolic OH excluding ortho intramolecular Hbond substituents is 1. The van der Waals surface area contributed by atoms with Crippen molar-refractivity contribution in [1.82, 2.24) is 9.80 Å². The Morgan fingerprint density at radius 2 is 2.04 bits per heavy atom. The minimum atomic E-state index is -0.0878. The summed E-state index contributed by atoms with van der Waals surface area (Å²) in [7, 11) is 0. The molecule has 3 fully saturated rings. The molecule has 2 saturated heterocycles. The predicted molar refractivity (Wildman–Crippen MR) is 94.4 cm³/mol. The van der Waals surface area contributed by atoms with E-state index in [9.17, 15) is 14.7 Å². The van der Waals surface area contributed by atoms with Crippen molar-refractivity contribution in [2.75, 3.05) is 19.6 Å². The molecule has 1 atom stereocenters. The van der Waals surface area contributed by atoms with Crippen LogP contribution >= 0.6 is 0 Å². The number of rotatable bonds is 2. The first kappa shape index (κ1) is 16.4. The molecule has 4 rings (SSSR count). The van der Waals surface area contributed by atoms with Crippen LogP contribution in [0.2, 0.25) is 0 Å². The van der Waals surface area contributed by atoms with Crippen LogP contribution in [0, 0.1) is 12.3 Å². The van der Waals surface area contributed by atoms with E-state index in [0.717, 1.165) is 50.8 Å². The maximum absolute atomic E-state index is 13.0. The number of carbonyl (C=O) groups excluding carboxylic acids is 2. The third kappa shape index (κ3) is 3.00. The number of phenols is 1. The van der Waals surface area contributed by atoms with Crippen molar-refractivity contribution in [3.05, 3.63) is 29.3 Å². The van der Waals surface area contributed by atoms with Gasteiger partial charge in [0.05, 0.1) is 5.56 Å². The van der Waals surface area contributed by atoms with Crippen LogP contribution in [0.4, 0.5) is 0 Å². The maximum atomic E-state index is 13.0. The van der Waals surface area contributed by atoms with Gasteiger partial charge in [0.25, 0.3) is 5.91 Å². The molecular weight excluding hydrogens is 316 g/mol. The normalized spacial score (nSPS) is 27.0. The van der Waals surface area contributed by atoms with Crippen molar-refractivity contribution in [2.24, 2.45) is 5.41 Å². The van der Waals surface area contributed by atoms with Gasteiger partial charge in [-0.15, -0.1) is 0 Å². The summed E-state index contributed by atoms with van der Waals surface area (Å²) in [4.78, 5) is 29.2. The minimum Gasteiger partial charge on any atom is -0.507 e. The van der Waals surface area contributed by atoms with Gasteiger partial charge in [-0.05, 0) is 50.7 Å². The summed E-state index contributed by atoms with van der Waals surface area (Å²) >= 11 is 0. The molecule has 1 saturated carbocycles. The predicted octanol–water partition coefficient (Wildman–Crippen LogP) is 2.71. The van der Waals surface area contributed by atoms with Crippen molar-refractivity contribution in [3.63, 3.8) is 0 Å². The molecule has 1 aliphatic carbocycles. The van der Waals surface area contributed by atoms with Gasteiger partial charge in [-0.1, -0.05) is 12.1 Å². The van der Waals surface area contributed by atoms with Crippen LogP contribution in [-0.2, 0) is 4.79 Å². The molecule has 2 aliphatic heterocycles. The zero-order valence-corrected chi connectivity index (χ0v) is 14.8. The average molecular weight is 342 g/mol. The molecule has 5 nitrogen and oxygen atoms in total. The van der Waals surface area contributed by atoms with Crippen LogP contribution < -0.4 is 0 Å². The van der Waals surface area contributed by atoms with Gasteiger partial charge in [-0.3, -0.25) is 9.59 Å². The summed E-state index contributed by atoms with van der Waals surface area (Å²) in [6, 6.07) is 5.77. The Kier molecular flexibility index (Phi) is 3.97. The van der Waals surface area contributed by atoms with E-state index in [1.54, 1.807) is 6.07 Å². The largest absolute Gasteiger partial charge is 0.507 e. The smallest absolute Gasteiger partial charge is 0.257 e. The average Bonchev–Trinajstić information content (AvgIpc) is 3.44. The number of aryl methyl sites for hydroxylation is 1. The highest BCUT2D eigenvalue weighted by Crippen LogP contribution is 2.42. The molecular formula is C20H26N2O3. The first-order chi connectivity index (χ1) is 12.0. The van der Waals surface area contributed by atoms with Gasteiger partial charge in [0, 0.05) is 37.5 Å². The number of piperidine rings is 2. The van der Waals surface area contributed by atoms with Crippen LogP contribution in [0.15, 0.2) is 18.2 Å². The molecule has 2 amide bonds. The number of amides is 2. The lowest BCUT2D eigenvalue weighted by Crippen LogP contribution is -2.55. The highest BCUT2D eigenvalue weighted by Gasteiger charge is 2.46. The number of hydrogen-bond donors (Lipinski definition) is 1. The zero-order chi connectivity index (χ0) is 17.6. The van der Waals surface area contributed by atoms with Gasteiger partial charge in [-0.25, -0.2) is 0 Å². The Morgan fingerprint density at radius 3 is 2.80 bits per heavy atom. The van der Waals surface area contributed by atoms with E-state index in [4.69, 9.17) is 0 Å². The number of para-hydroxylation sites is 1. The Bertz CT molecular complexity index is 713. The lowest BCUT2D eigenvalue weighted by Gasteiger charge is -2.48. The first-order valence-electron chi connectivity index (χ1n) is 9.36. The van der Waals surface area contributed by atoms with Crippen molar-refractivity contribution in [2.45, 2.75) is 51.5 Å². The maximum Gasteiger partial charge on any atom is 0.257 e. The van der Waals surface area contributed by atoms with Crippen molar-refractivity contribution in [3.8, 4) is 5.75 Å². The second-order valence-corrected chi connectivity index (χ2v) is 8.05. The number of hydrogen-bond acceptors (Lipinski definition) is 3. The quantitative estimate of drug-likeness (QED) is 0.899. The highest BCUT2D eigenvalue weighted by molar-refractivity contribution is 5.97. The minimum absolute atomic E-state index is 0.0316. The second kappa shape index (κ2) is 6.04. The molecule has 1 spiro atoms. The molecule has 25 heavy (non-hydrogen) atoms. The van der Waals surface area contributed by atoms with Crippen molar-refractivity contribution >= 4 is 11.8 Å². The van der Waals surface area contributed by atoms with E-state index in [1.807, 2.05) is 24.0 Å². The fraction of sp³-hybridized carbons (Fsp3) is 0.600. The van der Waals surface area contributed by atoms with Crippen LogP contribution in [0.3, 0.4) is 0 Å². The zero-order valence-electron chi connectivity index (χ0n) is 14.8. The second-order valence-electron chi connectivity index (χ2n) is 8.05. The summed E-state index contributed by atoms with van der Waals surface area (Å²) in [6.07, 6.45) is 5.77. The molecule has 2 heterocycles. The van der Waals surface area contributed by atoms with E-state index in [0.29, 0.717) is 24.6 Å². The number of benzene rings is 1. The van der Waals surface area contributed by atoms with Crippen molar-refractivity contribution < 1.29 is 14.7 Å². The van der Waals surface area contributed by atoms with Crippen molar-refractivity contribution in [1.29, 1.82) is 0 Å². The van der Waals surface area contributed by atoms with Gasteiger partial charge >= 0.3 is 0 Å². The number of nitrogens with zero attached hydrogens (tertiary/aromatic N) is 2. The van der Waals surface area contributed by atoms with Crippen LogP contribution in [0.1, 0.15) is 54.4 Å². The number of aromatic hydroxyl groups is 1. The topological polar surface area (TPSA) is 60.9 Å². The fourth-order valence-electron chi connectivity index (χ4n) is 4.48. The Labute approximate surface area is 148 Å². The van der Waals surface area contributed by atoms with E-state index in [-0.39, 0.29) is 23.0 Å². The molecule has 0 radical (unpaired) electrons. The molecule has 3 aliphatic rings. The summed E-state index contributed by atoms with van der Waals surface area (Å²) in [6.45, 7) is 4.02. The molecule has 1 N–H and O–H groups in total. The van der Waals surface area contributed by atoms with Crippen LogP contribution in [0.5, 0.6) is 5.75 Å². The Hall–Kier alpha value is -2.04. The van der Waals surface area contributed by atoms with Gasteiger partial charge in [0.15, 0.2) is 0 Å². The molecule has 0 aromatic heterocycles. The Morgan fingerprint density at radius 1 is 1.24 bits per heavy atom. The van der Waals surface area contributed by atoms with E-state index in [1.165, 1.54) is 0 Å². The molecule has 1 aromatic carbocycles. The van der Waals surface area contributed by atoms with E-state index >= 15 is 0 Å². The first-order valence-corrected chi connectivity index (χ1v) is 9.36. The van der Waals surface area contributed by atoms with Crippen LogP contribution in [0.25, 0.3) is 0 Å². The summed E-state index contributed by atoms with van der Waals surface area (Å²) < 4.78 is 0. The number of likely N-dealkylation sites (tertiary alicyclic amines) is 2. The summed E-state index contributed by atoms with van der Waals surface area (Å²) in [5, 5.41) is 10.3. The van der Waals surface area contributed by atoms with Gasteiger partial charge < -0.3 is 14.9 Å². The Balaban J connectivity index is 1.53. The lowest BCUT2D eigenvalue weighted by atomic mass is 9.73. The molecule has 0 unspecified atom stereocenters. The number of carbonyl (C=O) groups is 2. The van der Waals surface area contributed by atoms with Crippen LogP contribution in [-0.4, -0.2) is 52.4 Å². The van der Waals surface area contributed by atoms with Gasteiger partial charge in [0.2, 0.25) is 5.91 Å². The fourth-order valence-corrected chi connectivity index (χ4v) is 4.48. The summed E-state index contributed by atoms with van der Waals surface area (Å²) in [5.41, 5.74) is 1.15. The third-order valence-electron chi connectivity index (χ3n) is 6.10.